The Bertz CT molecular complexity index is 1060. The molecule has 0 radical (unpaired) electrons. The zero-order chi connectivity index (χ0) is 20.4. The molecule has 2 aromatic carbocycles. The Morgan fingerprint density at radius 1 is 1.11 bits per heavy atom. The first-order valence-corrected chi connectivity index (χ1v) is 8.71. The summed E-state index contributed by atoms with van der Waals surface area (Å²) in [5.74, 6) is -1.55. The Hall–Kier alpha value is -3.07. The van der Waals surface area contributed by atoms with E-state index in [4.69, 9.17) is 11.6 Å². The maximum Gasteiger partial charge on any atom is 0.369 e. The number of hydrogen-bond acceptors (Lipinski definition) is 4. The minimum Gasteiger partial charge on any atom is -0.348 e. The zero-order valence-electron chi connectivity index (χ0n) is 14.9. The Balaban J connectivity index is 1.77. The first-order chi connectivity index (χ1) is 13.3. The number of carbonyl (C=O) groups is 1. The van der Waals surface area contributed by atoms with Crippen molar-refractivity contribution >= 4 is 17.5 Å². The molecule has 0 aliphatic heterocycles. The number of carbonyl (C=O) groups excluding carboxylic acids is 1. The van der Waals surface area contributed by atoms with Gasteiger partial charge in [-0.15, -0.1) is 0 Å². The topological polar surface area (TPSA) is 81.8 Å². The van der Waals surface area contributed by atoms with Crippen LogP contribution in [0.4, 0.5) is 8.78 Å². The van der Waals surface area contributed by atoms with Crippen molar-refractivity contribution in [3.8, 4) is 5.69 Å². The summed E-state index contributed by atoms with van der Waals surface area (Å²) in [4.78, 5) is 25.0. The zero-order valence-corrected chi connectivity index (χ0v) is 15.7. The molecule has 0 bridgehead atoms. The van der Waals surface area contributed by atoms with Gasteiger partial charge in [-0.25, -0.2) is 13.6 Å². The quantitative estimate of drug-likeness (QED) is 0.705. The Morgan fingerprint density at radius 3 is 2.43 bits per heavy atom. The molecule has 7 nitrogen and oxygen atoms in total. The molecule has 0 spiro atoms. The van der Waals surface area contributed by atoms with Gasteiger partial charge in [-0.2, -0.15) is 9.36 Å². The number of halogens is 3. The van der Waals surface area contributed by atoms with Crippen LogP contribution in [0.15, 0.2) is 47.3 Å². The molecule has 0 saturated heterocycles. The lowest BCUT2D eigenvalue weighted by Gasteiger charge is -2.17. The predicted octanol–water partition coefficient (Wildman–Crippen LogP) is 2.80. The van der Waals surface area contributed by atoms with Crippen molar-refractivity contribution in [3.05, 3.63) is 75.2 Å². The van der Waals surface area contributed by atoms with E-state index in [-0.39, 0.29) is 5.02 Å². The van der Waals surface area contributed by atoms with Gasteiger partial charge in [-0.05, 0) is 66.2 Å². The van der Waals surface area contributed by atoms with Gasteiger partial charge in [0, 0.05) is 0 Å². The summed E-state index contributed by atoms with van der Waals surface area (Å²) in [6.07, 6.45) is 0. The number of hydrogen-bond donors (Lipinski definition) is 1. The molecule has 1 amide bonds. The summed E-state index contributed by atoms with van der Waals surface area (Å²) >= 11 is 5.66. The molecular formula is C18H16ClF2N5O2. The molecule has 28 heavy (non-hydrogen) atoms. The molecular weight excluding hydrogens is 392 g/mol. The highest BCUT2D eigenvalue weighted by atomic mass is 35.5. The molecule has 2 atom stereocenters. The number of nitrogens with one attached hydrogen (secondary N) is 1. The lowest BCUT2D eigenvalue weighted by atomic mass is 10.1. The van der Waals surface area contributed by atoms with Crippen LogP contribution in [-0.4, -0.2) is 25.7 Å². The molecule has 0 aliphatic carbocycles. The van der Waals surface area contributed by atoms with Crippen molar-refractivity contribution in [2.45, 2.75) is 25.9 Å². The molecule has 1 N–H and O–H groups in total. The standard InChI is InChI=1S/C18H16ClF2N5O2/c1-10(12-3-8-15(19)16(21)9-12)22-17(27)11(2)25-18(28)26(24-23-25)14-6-4-13(20)5-7-14/h3-11H,1-2H3,(H,22,27)/t10-,11-/m0/s1. The van der Waals surface area contributed by atoms with Crippen LogP contribution in [0, 0.1) is 11.6 Å². The SMILES string of the molecule is C[C@H](NC(=O)[C@H](C)n1nnn(-c2ccc(F)cc2)c1=O)c1ccc(Cl)c(F)c1. The van der Waals surface area contributed by atoms with Gasteiger partial charge >= 0.3 is 5.69 Å². The van der Waals surface area contributed by atoms with Crippen molar-refractivity contribution < 1.29 is 13.6 Å². The Labute approximate surface area is 163 Å². The van der Waals surface area contributed by atoms with Crippen molar-refractivity contribution in [2.75, 3.05) is 0 Å². The second-order valence-corrected chi connectivity index (χ2v) is 6.58. The average Bonchev–Trinajstić information content (AvgIpc) is 3.05. The van der Waals surface area contributed by atoms with Gasteiger partial charge in [0.25, 0.3) is 0 Å². The molecule has 0 saturated carbocycles. The number of aromatic nitrogens is 4. The van der Waals surface area contributed by atoms with Crippen molar-refractivity contribution in [1.82, 2.24) is 25.1 Å². The number of rotatable bonds is 5. The minimum atomic E-state index is -0.971. The smallest absolute Gasteiger partial charge is 0.348 e. The normalized spacial score (nSPS) is 13.2. The van der Waals surface area contributed by atoms with Gasteiger partial charge in [0.15, 0.2) is 0 Å². The molecule has 3 rings (SSSR count). The maximum atomic E-state index is 13.6. The van der Waals surface area contributed by atoms with Gasteiger partial charge in [0.2, 0.25) is 5.91 Å². The number of nitrogens with zero attached hydrogens (tertiary/aromatic N) is 4. The fraction of sp³-hybridized carbons (Fsp3) is 0.222. The third-order valence-electron chi connectivity index (χ3n) is 4.22. The molecule has 1 aromatic heterocycles. The van der Waals surface area contributed by atoms with Gasteiger partial charge < -0.3 is 5.32 Å². The fourth-order valence-electron chi connectivity index (χ4n) is 2.55. The van der Waals surface area contributed by atoms with Crippen LogP contribution < -0.4 is 11.0 Å². The molecule has 3 aromatic rings. The number of tetrazole rings is 1. The summed E-state index contributed by atoms with van der Waals surface area (Å²) in [5.41, 5.74) is 0.180. The maximum absolute atomic E-state index is 13.6. The van der Waals surface area contributed by atoms with Crippen LogP contribution in [0.1, 0.15) is 31.5 Å². The molecule has 10 heteroatoms. The van der Waals surface area contributed by atoms with E-state index in [1.54, 1.807) is 13.0 Å². The van der Waals surface area contributed by atoms with Crippen LogP contribution in [0.5, 0.6) is 0 Å². The van der Waals surface area contributed by atoms with E-state index >= 15 is 0 Å². The van der Waals surface area contributed by atoms with E-state index in [0.29, 0.717) is 11.3 Å². The summed E-state index contributed by atoms with van der Waals surface area (Å²) in [7, 11) is 0. The van der Waals surface area contributed by atoms with Gasteiger partial charge in [-0.3, -0.25) is 4.79 Å². The average molecular weight is 408 g/mol. The van der Waals surface area contributed by atoms with E-state index in [9.17, 15) is 18.4 Å². The van der Waals surface area contributed by atoms with Crippen LogP contribution in [0.2, 0.25) is 5.02 Å². The summed E-state index contributed by atoms with van der Waals surface area (Å²) < 4.78 is 28.5. The van der Waals surface area contributed by atoms with E-state index in [1.165, 1.54) is 43.3 Å². The Kier molecular flexibility index (Phi) is 5.55. The van der Waals surface area contributed by atoms with Gasteiger partial charge in [0.1, 0.15) is 17.7 Å². The third-order valence-corrected chi connectivity index (χ3v) is 4.53. The van der Waals surface area contributed by atoms with Crippen molar-refractivity contribution in [2.24, 2.45) is 0 Å². The predicted molar refractivity (Wildman–Crippen MR) is 98.3 cm³/mol. The number of benzene rings is 2. The molecule has 1 heterocycles. The van der Waals surface area contributed by atoms with Crippen LogP contribution >= 0.6 is 11.6 Å². The molecule has 0 fully saturated rings. The van der Waals surface area contributed by atoms with Gasteiger partial charge in [0.05, 0.1) is 16.8 Å². The lowest BCUT2D eigenvalue weighted by molar-refractivity contribution is -0.124. The highest BCUT2D eigenvalue weighted by Crippen LogP contribution is 2.20. The first kappa shape index (κ1) is 19.7. The second-order valence-electron chi connectivity index (χ2n) is 6.17. The number of amides is 1. The summed E-state index contributed by atoms with van der Waals surface area (Å²) in [6, 6.07) is 7.85. The molecule has 0 unspecified atom stereocenters. The lowest BCUT2D eigenvalue weighted by Crippen LogP contribution is -2.37. The van der Waals surface area contributed by atoms with Crippen LogP contribution in [0.3, 0.4) is 0 Å². The van der Waals surface area contributed by atoms with Gasteiger partial charge in [-0.1, -0.05) is 17.7 Å². The first-order valence-electron chi connectivity index (χ1n) is 8.33. The van der Waals surface area contributed by atoms with Crippen LogP contribution in [-0.2, 0) is 4.79 Å². The Morgan fingerprint density at radius 2 is 1.79 bits per heavy atom. The van der Waals surface area contributed by atoms with E-state index in [2.05, 4.69) is 15.7 Å². The third kappa shape index (κ3) is 3.94. The highest BCUT2D eigenvalue weighted by Gasteiger charge is 2.23. The monoisotopic (exact) mass is 407 g/mol. The summed E-state index contributed by atoms with van der Waals surface area (Å²) in [5, 5.41) is 10.1. The summed E-state index contributed by atoms with van der Waals surface area (Å²) in [6.45, 7) is 3.15. The largest absolute Gasteiger partial charge is 0.369 e. The van der Waals surface area contributed by atoms with Crippen molar-refractivity contribution in [3.63, 3.8) is 0 Å². The van der Waals surface area contributed by atoms with E-state index < -0.39 is 35.3 Å². The second kappa shape index (κ2) is 7.89. The van der Waals surface area contributed by atoms with Crippen LogP contribution in [0.25, 0.3) is 5.69 Å². The van der Waals surface area contributed by atoms with E-state index in [1.807, 2.05) is 0 Å². The molecule has 0 aliphatic rings. The molecule has 146 valence electrons. The minimum absolute atomic E-state index is 0.0143. The fourth-order valence-corrected chi connectivity index (χ4v) is 2.67. The highest BCUT2D eigenvalue weighted by molar-refractivity contribution is 6.30. The van der Waals surface area contributed by atoms with E-state index in [0.717, 1.165) is 9.36 Å². The van der Waals surface area contributed by atoms with Crippen molar-refractivity contribution in [1.29, 1.82) is 0 Å².